The van der Waals surface area contributed by atoms with E-state index in [9.17, 15) is 8.42 Å². The minimum absolute atomic E-state index is 0.131. The van der Waals surface area contributed by atoms with Crippen molar-refractivity contribution in [2.24, 2.45) is 0 Å². The molecule has 120 valence electrons. The fourth-order valence-electron chi connectivity index (χ4n) is 2.28. The Morgan fingerprint density at radius 2 is 1.86 bits per heavy atom. The van der Waals surface area contributed by atoms with E-state index in [4.69, 9.17) is 0 Å². The zero-order valence-electron chi connectivity index (χ0n) is 13.5. The van der Waals surface area contributed by atoms with Crippen LogP contribution in [0.5, 0.6) is 0 Å². The number of hydrogen-bond donors (Lipinski definition) is 0. The zero-order chi connectivity index (χ0) is 16.3. The van der Waals surface area contributed by atoms with Gasteiger partial charge in [-0.3, -0.25) is 4.68 Å². The van der Waals surface area contributed by atoms with Gasteiger partial charge in [0.2, 0.25) is 10.0 Å². The molecule has 0 fully saturated rings. The minimum Gasteiger partial charge on any atom is -0.269 e. The fraction of sp³-hybridized carbons (Fsp3) is 0.438. The molecule has 0 aliphatic rings. The van der Waals surface area contributed by atoms with Gasteiger partial charge in [0.05, 0.1) is 5.69 Å². The number of aryl methyl sites for hydroxylation is 1. The van der Waals surface area contributed by atoms with Crippen LogP contribution in [0.15, 0.2) is 41.4 Å². The summed E-state index contributed by atoms with van der Waals surface area (Å²) in [4.78, 5) is 0.291. The summed E-state index contributed by atoms with van der Waals surface area (Å²) in [6.45, 7) is 8.33. The average Bonchev–Trinajstić information content (AvgIpc) is 2.88. The third kappa shape index (κ3) is 3.39. The number of benzene rings is 1. The van der Waals surface area contributed by atoms with Crippen molar-refractivity contribution in [2.45, 2.75) is 45.2 Å². The Balaban J connectivity index is 2.35. The molecule has 22 heavy (non-hydrogen) atoms. The Hall–Kier alpha value is -1.66. The second-order valence-corrected chi connectivity index (χ2v) is 7.48. The van der Waals surface area contributed by atoms with Crippen LogP contribution in [0.25, 0.3) is 0 Å². The Morgan fingerprint density at radius 1 is 1.23 bits per heavy atom. The highest BCUT2D eigenvalue weighted by Gasteiger charge is 2.27. The van der Waals surface area contributed by atoms with Gasteiger partial charge < -0.3 is 0 Å². The van der Waals surface area contributed by atoms with Crippen molar-refractivity contribution in [3.05, 3.63) is 47.8 Å². The SMILES string of the molecule is CCN(Cc1ccccc1)S(=O)(=O)c1cn(C(C)C)nc1C. The number of aromatic nitrogens is 2. The lowest BCUT2D eigenvalue weighted by Gasteiger charge is -2.20. The average molecular weight is 321 g/mol. The Bertz CT molecular complexity index is 721. The Labute approximate surface area is 132 Å². The molecule has 0 radical (unpaired) electrons. The minimum atomic E-state index is -3.54. The zero-order valence-corrected chi connectivity index (χ0v) is 14.3. The second-order valence-electron chi connectivity index (χ2n) is 5.57. The highest BCUT2D eigenvalue weighted by molar-refractivity contribution is 7.89. The van der Waals surface area contributed by atoms with Crippen LogP contribution in [0.2, 0.25) is 0 Å². The normalized spacial score (nSPS) is 12.3. The van der Waals surface area contributed by atoms with Gasteiger partial charge in [-0.1, -0.05) is 37.3 Å². The van der Waals surface area contributed by atoms with Crippen LogP contribution in [0.3, 0.4) is 0 Å². The molecule has 0 N–H and O–H groups in total. The first-order valence-electron chi connectivity index (χ1n) is 7.46. The highest BCUT2D eigenvalue weighted by atomic mass is 32.2. The molecule has 2 rings (SSSR count). The number of nitrogens with zero attached hydrogens (tertiary/aromatic N) is 3. The number of hydrogen-bond acceptors (Lipinski definition) is 3. The summed E-state index contributed by atoms with van der Waals surface area (Å²) in [7, 11) is -3.54. The van der Waals surface area contributed by atoms with Gasteiger partial charge in [0.25, 0.3) is 0 Å². The molecule has 0 spiro atoms. The molecular weight excluding hydrogens is 298 g/mol. The lowest BCUT2D eigenvalue weighted by Crippen LogP contribution is -2.30. The van der Waals surface area contributed by atoms with Crippen LogP contribution in [0.1, 0.15) is 38.1 Å². The molecule has 0 bridgehead atoms. The molecule has 1 heterocycles. The predicted octanol–water partition coefficient (Wildman–Crippen LogP) is 2.98. The van der Waals surface area contributed by atoms with E-state index >= 15 is 0 Å². The molecule has 0 aliphatic carbocycles. The first kappa shape index (κ1) is 16.7. The van der Waals surface area contributed by atoms with E-state index in [0.717, 1.165) is 5.56 Å². The van der Waals surface area contributed by atoms with Gasteiger partial charge in [-0.05, 0) is 26.3 Å². The quantitative estimate of drug-likeness (QED) is 0.822. The van der Waals surface area contributed by atoms with Gasteiger partial charge >= 0.3 is 0 Å². The van der Waals surface area contributed by atoms with Crippen molar-refractivity contribution in [2.75, 3.05) is 6.54 Å². The van der Waals surface area contributed by atoms with E-state index in [1.54, 1.807) is 17.8 Å². The van der Waals surface area contributed by atoms with Crippen LogP contribution < -0.4 is 0 Å². The molecule has 1 aromatic heterocycles. The second kappa shape index (κ2) is 6.62. The summed E-state index contributed by atoms with van der Waals surface area (Å²) < 4.78 is 29.0. The molecule has 0 aliphatic heterocycles. The third-order valence-corrected chi connectivity index (χ3v) is 5.60. The molecule has 0 amide bonds. The summed E-state index contributed by atoms with van der Waals surface area (Å²) in [6.07, 6.45) is 1.63. The van der Waals surface area contributed by atoms with Crippen molar-refractivity contribution in [3.8, 4) is 0 Å². The van der Waals surface area contributed by atoms with Crippen LogP contribution in [0.4, 0.5) is 0 Å². The molecule has 0 saturated carbocycles. The van der Waals surface area contributed by atoms with Crippen molar-refractivity contribution in [1.29, 1.82) is 0 Å². The van der Waals surface area contributed by atoms with Gasteiger partial charge in [0.15, 0.2) is 0 Å². The summed E-state index contributed by atoms with van der Waals surface area (Å²) in [5, 5.41) is 4.31. The lowest BCUT2D eigenvalue weighted by atomic mass is 10.2. The topological polar surface area (TPSA) is 55.2 Å². The highest BCUT2D eigenvalue weighted by Crippen LogP contribution is 2.22. The molecule has 2 aromatic rings. The van der Waals surface area contributed by atoms with E-state index in [1.165, 1.54) is 4.31 Å². The predicted molar refractivity (Wildman–Crippen MR) is 87.1 cm³/mol. The van der Waals surface area contributed by atoms with Crippen LogP contribution in [0, 0.1) is 6.92 Å². The maximum absolute atomic E-state index is 12.9. The van der Waals surface area contributed by atoms with Gasteiger partial charge in [0.1, 0.15) is 4.90 Å². The number of rotatable bonds is 6. The van der Waals surface area contributed by atoms with Crippen LogP contribution in [-0.4, -0.2) is 29.0 Å². The largest absolute Gasteiger partial charge is 0.269 e. The van der Waals surface area contributed by atoms with E-state index in [2.05, 4.69) is 5.10 Å². The fourth-order valence-corrected chi connectivity index (χ4v) is 3.87. The van der Waals surface area contributed by atoms with Crippen molar-refractivity contribution >= 4 is 10.0 Å². The van der Waals surface area contributed by atoms with Gasteiger partial charge in [0, 0.05) is 25.3 Å². The molecular formula is C16H23N3O2S. The van der Waals surface area contributed by atoms with Gasteiger partial charge in [-0.2, -0.15) is 9.40 Å². The summed E-state index contributed by atoms with van der Waals surface area (Å²) in [5.74, 6) is 0. The van der Waals surface area contributed by atoms with E-state index in [0.29, 0.717) is 23.7 Å². The summed E-state index contributed by atoms with van der Waals surface area (Å²) >= 11 is 0. The van der Waals surface area contributed by atoms with Crippen molar-refractivity contribution < 1.29 is 8.42 Å². The molecule has 0 saturated heterocycles. The summed E-state index contributed by atoms with van der Waals surface area (Å²) in [6, 6.07) is 9.75. The van der Waals surface area contributed by atoms with Crippen LogP contribution in [-0.2, 0) is 16.6 Å². The standard InChI is InChI=1S/C16H23N3O2S/c1-5-18(11-15-9-7-6-8-10-15)22(20,21)16-12-19(13(2)3)17-14(16)4/h6-10,12-13H,5,11H2,1-4H3. The first-order valence-corrected chi connectivity index (χ1v) is 8.90. The molecule has 6 heteroatoms. The smallest absolute Gasteiger partial charge is 0.246 e. The molecule has 5 nitrogen and oxygen atoms in total. The Morgan fingerprint density at radius 3 is 2.36 bits per heavy atom. The van der Waals surface area contributed by atoms with Crippen LogP contribution >= 0.6 is 0 Å². The van der Waals surface area contributed by atoms with E-state index < -0.39 is 10.0 Å². The monoisotopic (exact) mass is 321 g/mol. The maximum atomic E-state index is 12.9. The van der Waals surface area contributed by atoms with Crippen molar-refractivity contribution in [3.63, 3.8) is 0 Å². The maximum Gasteiger partial charge on any atom is 0.246 e. The molecule has 0 unspecified atom stereocenters. The van der Waals surface area contributed by atoms with Gasteiger partial charge in [-0.25, -0.2) is 8.42 Å². The van der Waals surface area contributed by atoms with E-state index in [-0.39, 0.29) is 6.04 Å². The van der Waals surface area contributed by atoms with E-state index in [1.807, 2.05) is 51.1 Å². The van der Waals surface area contributed by atoms with Crippen molar-refractivity contribution in [1.82, 2.24) is 14.1 Å². The van der Waals surface area contributed by atoms with Gasteiger partial charge in [-0.15, -0.1) is 0 Å². The summed E-state index contributed by atoms with van der Waals surface area (Å²) in [5.41, 5.74) is 1.52. The molecule has 0 atom stereocenters. The Kier molecular flexibility index (Phi) is 5.03. The first-order chi connectivity index (χ1) is 10.4. The molecule has 1 aromatic carbocycles. The lowest BCUT2D eigenvalue weighted by molar-refractivity contribution is 0.423. The third-order valence-electron chi connectivity index (χ3n) is 3.57. The number of sulfonamides is 1.